The summed E-state index contributed by atoms with van der Waals surface area (Å²) in [7, 11) is 0. The monoisotopic (exact) mass is 368 g/mol. The zero-order valence-electron chi connectivity index (χ0n) is 6.74. The Morgan fingerprint density at radius 1 is 1.00 bits per heavy atom. The number of benzene rings is 1. The molecular weight excluding hydrogens is 367 g/mol. The fourth-order valence-corrected chi connectivity index (χ4v) is 2.22. The summed E-state index contributed by atoms with van der Waals surface area (Å²) < 4.78 is 3.03. The minimum absolute atomic E-state index is 0. The molecule has 0 bridgehead atoms. The van der Waals surface area contributed by atoms with Gasteiger partial charge in [0.1, 0.15) is 0 Å². The standard InChI is InChI=1S/C6H3Br3S.Na.H/c7-3-1-5(9)6(10)2-4(3)8;;/h1-2,10H;;/q;+1;-1. The molecule has 0 nitrogen and oxygen atoms in total. The molecular formula is C6H4Br3NaS. The van der Waals surface area contributed by atoms with Crippen molar-refractivity contribution >= 4 is 60.4 Å². The number of hydrogen-bond donors (Lipinski definition) is 1. The largest absolute Gasteiger partial charge is 1.00 e. The maximum absolute atomic E-state index is 4.22. The average molecular weight is 371 g/mol. The second kappa shape index (κ2) is 5.68. The molecule has 56 valence electrons. The summed E-state index contributed by atoms with van der Waals surface area (Å²) in [5, 5.41) is 0. The van der Waals surface area contributed by atoms with Crippen LogP contribution in [0.4, 0.5) is 0 Å². The van der Waals surface area contributed by atoms with Gasteiger partial charge < -0.3 is 1.43 Å². The molecule has 0 heterocycles. The summed E-state index contributed by atoms with van der Waals surface area (Å²) in [4.78, 5) is 0.926. The summed E-state index contributed by atoms with van der Waals surface area (Å²) in [5.41, 5.74) is 0. The molecule has 0 radical (unpaired) electrons. The third kappa shape index (κ3) is 3.71. The number of rotatable bonds is 0. The molecule has 0 aliphatic carbocycles. The van der Waals surface area contributed by atoms with Crippen molar-refractivity contribution in [2.75, 3.05) is 0 Å². The Bertz CT molecular complexity index is 219. The quantitative estimate of drug-likeness (QED) is 0.398. The van der Waals surface area contributed by atoms with E-state index in [0.717, 1.165) is 18.3 Å². The average Bonchev–Trinajstić information content (AvgIpc) is 1.84. The maximum Gasteiger partial charge on any atom is 1.00 e. The third-order valence-electron chi connectivity index (χ3n) is 0.990. The second-order valence-electron chi connectivity index (χ2n) is 1.72. The van der Waals surface area contributed by atoms with Crippen LogP contribution in [0.15, 0.2) is 30.4 Å². The first-order valence-electron chi connectivity index (χ1n) is 2.45. The summed E-state index contributed by atoms with van der Waals surface area (Å²) in [6, 6.07) is 3.88. The summed E-state index contributed by atoms with van der Waals surface area (Å²) in [6.07, 6.45) is 0. The number of hydrogen-bond acceptors (Lipinski definition) is 1. The topological polar surface area (TPSA) is 0 Å². The van der Waals surface area contributed by atoms with E-state index in [0.29, 0.717) is 0 Å². The molecule has 0 spiro atoms. The van der Waals surface area contributed by atoms with Crippen LogP contribution in [0.25, 0.3) is 0 Å². The van der Waals surface area contributed by atoms with Gasteiger partial charge in [-0.25, -0.2) is 0 Å². The minimum Gasteiger partial charge on any atom is -1.00 e. The molecule has 0 N–H and O–H groups in total. The minimum atomic E-state index is 0. The van der Waals surface area contributed by atoms with Crippen molar-refractivity contribution in [2.45, 2.75) is 4.90 Å². The van der Waals surface area contributed by atoms with Crippen LogP contribution < -0.4 is 29.6 Å². The molecule has 1 aromatic rings. The molecule has 5 heteroatoms. The molecule has 0 unspecified atom stereocenters. The molecule has 0 aromatic heterocycles. The van der Waals surface area contributed by atoms with Crippen LogP contribution in [0.2, 0.25) is 0 Å². The Labute approximate surface area is 120 Å². The molecule has 0 aliphatic rings. The molecule has 0 aliphatic heterocycles. The Hall–Kier alpha value is 2.01. The van der Waals surface area contributed by atoms with Crippen molar-refractivity contribution in [3.63, 3.8) is 0 Å². The van der Waals surface area contributed by atoms with Crippen LogP contribution in [0.1, 0.15) is 1.43 Å². The Morgan fingerprint density at radius 3 is 1.91 bits per heavy atom. The Balaban J connectivity index is 0. The Morgan fingerprint density at radius 2 is 1.45 bits per heavy atom. The van der Waals surface area contributed by atoms with E-state index < -0.39 is 0 Å². The molecule has 0 amide bonds. The predicted octanol–water partition coefficient (Wildman–Crippen LogP) is 1.38. The van der Waals surface area contributed by atoms with Gasteiger partial charge in [0.2, 0.25) is 0 Å². The maximum atomic E-state index is 4.22. The molecule has 1 aromatic carbocycles. The van der Waals surface area contributed by atoms with Crippen LogP contribution in [-0.2, 0) is 0 Å². The SMILES string of the molecule is Sc1cc(Br)c(Br)cc1Br.[H-].[Na+]. The van der Waals surface area contributed by atoms with Crippen LogP contribution in [0.5, 0.6) is 0 Å². The first-order valence-corrected chi connectivity index (χ1v) is 5.27. The summed E-state index contributed by atoms with van der Waals surface area (Å²) in [6.45, 7) is 0. The van der Waals surface area contributed by atoms with Crippen molar-refractivity contribution < 1.29 is 31.0 Å². The normalized spacial score (nSPS) is 9.09. The van der Waals surface area contributed by atoms with E-state index in [1.54, 1.807) is 0 Å². The van der Waals surface area contributed by atoms with Gasteiger partial charge in [-0.3, -0.25) is 0 Å². The van der Waals surface area contributed by atoms with E-state index in [9.17, 15) is 0 Å². The van der Waals surface area contributed by atoms with Crippen LogP contribution in [0.3, 0.4) is 0 Å². The van der Waals surface area contributed by atoms with Crippen molar-refractivity contribution in [1.82, 2.24) is 0 Å². The zero-order valence-corrected chi connectivity index (χ0v) is 13.4. The molecule has 0 saturated carbocycles. The molecule has 11 heavy (non-hydrogen) atoms. The molecule has 0 fully saturated rings. The second-order valence-corrected chi connectivity index (χ2v) is 4.76. The van der Waals surface area contributed by atoms with Gasteiger partial charge in [0.05, 0.1) is 0 Å². The van der Waals surface area contributed by atoms with E-state index in [4.69, 9.17) is 0 Å². The van der Waals surface area contributed by atoms with E-state index in [1.165, 1.54) is 0 Å². The third-order valence-corrected chi connectivity index (χ3v) is 4.17. The van der Waals surface area contributed by atoms with Crippen LogP contribution in [-0.4, -0.2) is 0 Å². The summed E-state index contributed by atoms with van der Waals surface area (Å²) >= 11 is 14.3. The predicted molar refractivity (Wildman–Crippen MR) is 57.9 cm³/mol. The fourth-order valence-electron chi connectivity index (χ4n) is 0.512. The van der Waals surface area contributed by atoms with Gasteiger partial charge in [-0.15, -0.1) is 12.6 Å². The first kappa shape index (κ1) is 13.0. The van der Waals surface area contributed by atoms with Crippen molar-refractivity contribution in [2.24, 2.45) is 0 Å². The fraction of sp³-hybridized carbons (Fsp3) is 0. The van der Waals surface area contributed by atoms with Gasteiger partial charge in [0.25, 0.3) is 0 Å². The van der Waals surface area contributed by atoms with E-state index in [2.05, 4.69) is 60.4 Å². The number of halogens is 3. The van der Waals surface area contributed by atoms with Gasteiger partial charge in [0.15, 0.2) is 0 Å². The number of thiol groups is 1. The Kier molecular flexibility index (Phi) is 6.72. The van der Waals surface area contributed by atoms with Gasteiger partial charge in [0, 0.05) is 18.3 Å². The van der Waals surface area contributed by atoms with Gasteiger partial charge in [-0.1, -0.05) is 0 Å². The molecule has 0 saturated heterocycles. The molecule has 1 rings (SSSR count). The van der Waals surface area contributed by atoms with Gasteiger partial charge >= 0.3 is 29.6 Å². The van der Waals surface area contributed by atoms with Crippen molar-refractivity contribution in [1.29, 1.82) is 0 Å². The van der Waals surface area contributed by atoms with E-state index >= 15 is 0 Å². The van der Waals surface area contributed by atoms with Crippen LogP contribution in [0, 0.1) is 0 Å². The van der Waals surface area contributed by atoms with E-state index in [1.807, 2.05) is 12.1 Å². The zero-order chi connectivity index (χ0) is 7.72. The van der Waals surface area contributed by atoms with Crippen molar-refractivity contribution in [3.8, 4) is 0 Å². The van der Waals surface area contributed by atoms with Gasteiger partial charge in [-0.05, 0) is 59.9 Å². The van der Waals surface area contributed by atoms with Crippen molar-refractivity contribution in [3.05, 3.63) is 25.6 Å². The molecule has 0 atom stereocenters. The summed E-state index contributed by atoms with van der Waals surface area (Å²) in [5.74, 6) is 0. The smallest absolute Gasteiger partial charge is 1.00 e. The van der Waals surface area contributed by atoms with Crippen LogP contribution >= 0.6 is 60.4 Å². The van der Waals surface area contributed by atoms with Gasteiger partial charge in [-0.2, -0.15) is 0 Å². The first-order chi connectivity index (χ1) is 4.61. The van der Waals surface area contributed by atoms with E-state index in [-0.39, 0.29) is 31.0 Å².